The van der Waals surface area contributed by atoms with E-state index in [0.717, 1.165) is 32.7 Å². The van der Waals surface area contributed by atoms with Gasteiger partial charge in [0.2, 0.25) is 5.91 Å². The van der Waals surface area contributed by atoms with E-state index in [4.69, 9.17) is 4.74 Å². The zero-order valence-electron chi connectivity index (χ0n) is 16.8. The number of methoxy groups -OCH3 is 1. The number of rotatable bonds is 7. The molecular formula is C22H28N4O3. The van der Waals surface area contributed by atoms with Crippen LogP contribution < -0.4 is 10.1 Å². The van der Waals surface area contributed by atoms with Gasteiger partial charge in [-0.25, -0.2) is 0 Å². The Balaban J connectivity index is 1.34. The molecule has 0 spiro atoms. The van der Waals surface area contributed by atoms with Crippen LogP contribution in [0.2, 0.25) is 0 Å². The van der Waals surface area contributed by atoms with E-state index < -0.39 is 0 Å². The minimum absolute atomic E-state index is 0.0604. The van der Waals surface area contributed by atoms with Crippen LogP contribution in [0.25, 0.3) is 0 Å². The first-order chi connectivity index (χ1) is 14.1. The number of nitrogens with zero attached hydrogens (tertiary/aromatic N) is 3. The Morgan fingerprint density at radius 3 is 2.76 bits per heavy atom. The minimum Gasteiger partial charge on any atom is -0.495 e. The Kier molecular flexibility index (Phi) is 5.80. The van der Waals surface area contributed by atoms with E-state index in [1.54, 1.807) is 13.3 Å². The van der Waals surface area contributed by atoms with Crippen molar-refractivity contribution < 1.29 is 14.6 Å². The molecule has 1 amide bonds. The Hall–Kier alpha value is -2.48. The van der Waals surface area contributed by atoms with Crippen molar-refractivity contribution in [1.29, 1.82) is 0 Å². The number of benzene rings is 1. The van der Waals surface area contributed by atoms with Crippen LogP contribution in [0.3, 0.4) is 0 Å². The van der Waals surface area contributed by atoms with Crippen molar-refractivity contribution in [2.45, 2.75) is 6.54 Å². The van der Waals surface area contributed by atoms with E-state index in [9.17, 15) is 9.90 Å². The fourth-order valence-corrected chi connectivity index (χ4v) is 4.76. The molecule has 29 heavy (non-hydrogen) atoms. The number of likely N-dealkylation sites (tertiary alicyclic amines) is 2. The molecule has 2 atom stereocenters. The highest BCUT2D eigenvalue weighted by molar-refractivity contribution is 5.93. The quantitative estimate of drug-likeness (QED) is 0.738. The average molecular weight is 396 g/mol. The number of ether oxygens (including phenoxy) is 1. The zero-order valence-corrected chi connectivity index (χ0v) is 16.8. The first-order valence-electron chi connectivity index (χ1n) is 9.99. The third kappa shape index (κ3) is 4.27. The van der Waals surface area contributed by atoms with Gasteiger partial charge in [0.05, 0.1) is 25.9 Å². The largest absolute Gasteiger partial charge is 0.495 e. The monoisotopic (exact) mass is 396 g/mol. The maximum atomic E-state index is 12.6. The molecule has 0 aliphatic carbocycles. The van der Waals surface area contributed by atoms with Crippen molar-refractivity contribution in [3.8, 4) is 5.75 Å². The molecule has 3 heterocycles. The van der Waals surface area contributed by atoms with Gasteiger partial charge in [-0.1, -0.05) is 18.2 Å². The molecule has 0 saturated carbocycles. The molecule has 1 aromatic carbocycles. The number of carbonyl (C=O) groups excluding carboxylic acids is 1. The summed E-state index contributed by atoms with van der Waals surface area (Å²) in [7, 11) is 1.59. The molecule has 2 saturated heterocycles. The summed E-state index contributed by atoms with van der Waals surface area (Å²) in [6.45, 7) is 4.64. The van der Waals surface area contributed by atoms with E-state index in [2.05, 4.69) is 26.2 Å². The Morgan fingerprint density at radius 1 is 1.24 bits per heavy atom. The van der Waals surface area contributed by atoms with Gasteiger partial charge in [0, 0.05) is 50.5 Å². The van der Waals surface area contributed by atoms with Crippen LogP contribution in [-0.4, -0.2) is 72.2 Å². The van der Waals surface area contributed by atoms with Crippen LogP contribution in [-0.2, 0) is 11.3 Å². The van der Waals surface area contributed by atoms with Gasteiger partial charge in [-0.2, -0.15) is 0 Å². The lowest BCUT2D eigenvalue weighted by atomic mass is 9.82. The number of aromatic nitrogens is 1. The molecule has 0 bridgehead atoms. The first kappa shape index (κ1) is 19.8. The number of carbonyl (C=O) groups is 1. The van der Waals surface area contributed by atoms with Crippen molar-refractivity contribution in [3.63, 3.8) is 0 Å². The summed E-state index contributed by atoms with van der Waals surface area (Å²) in [5.41, 5.74) is 1.71. The molecule has 2 aromatic rings. The Labute approximate surface area is 171 Å². The van der Waals surface area contributed by atoms with Gasteiger partial charge < -0.3 is 15.2 Å². The summed E-state index contributed by atoms with van der Waals surface area (Å²) >= 11 is 0. The summed E-state index contributed by atoms with van der Waals surface area (Å²) in [6.07, 6.45) is 3.68. The molecule has 1 aromatic heterocycles. The Morgan fingerprint density at radius 2 is 2.03 bits per heavy atom. The normalized spacial score (nSPS) is 24.4. The lowest BCUT2D eigenvalue weighted by Gasteiger charge is -2.27. The number of hydrogen-bond acceptors (Lipinski definition) is 6. The van der Waals surface area contributed by atoms with E-state index in [-0.39, 0.29) is 17.9 Å². The van der Waals surface area contributed by atoms with Gasteiger partial charge in [-0.05, 0) is 29.7 Å². The first-order valence-corrected chi connectivity index (χ1v) is 9.99. The van der Waals surface area contributed by atoms with Crippen LogP contribution in [0, 0.1) is 11.3 Å². The van der Waals surface area contributed by atoms with Crippen LogP contribution >= 0.6 is 0 Å². The molecule has 7 heteroatoms. The fraction of sp³-hybridized carbons (Fsp3) is 0.455. The number of fused-ring (bicyclic) bond motifs is 1. The topological polar surface area (TPSA) is 77.9 Å². The zero-order chi connectivity index (χ0) is 20.3. The van der Waals surface area contributed by atoms with E-state index in [0.29, 0.717) is 23.9 Å². The van der Waals surface area contributed by atoms with Gasteiger partial charge in [-0.15, -0.1) is 0 Å². The predicted octanol–water partition coefficient (Wildman–Crippen LogP) is 1.45. The Bertz CT molecular complexity index is 847. The van der Waals surface area contributed by atoms with Crippen molar-refractivity contribution in [3.05, 3.63) is 54.4 Å². The summed E-state index contributed by atoms with van der Waals surface area (Å²) in [4.78, 5) is 21.3. The van der Waals surface area contributed by atoms with E-state index in [1.165, 1.54) is 5.56 Å². The SMILES string of the molecule is COc1ccccc1NC(=O)CN1CC2CN(Cc3cccnc3)CC2(CO)C1. The number of hydrogen-bond donors (Lipinski definition) is 2. The summed E-state index contributed by atoms with van der Waals surface area (Å²) in [6, 6.07) is 11.4. The number of amides is 1. The lowest BCUT2D eigenvalue weighted by molar-refractivity contribution is -0.117. The summed E-state index contributed by atoms with van der Waals surface area (Å²) < 4.78 is 5.30. The highest BCUT2D eigenvalue weighted by Gasteiger charge is 2.52. The highest BCUT2D eigenvalue weighted by atomic mass is 16.5. The number of pyridine rings is 1. The number of anilines is 1. The molecule has 4 rings (SSSR count). The van der Waals surface area contributed by atoms with E-state index in [1.807, 2.05) is 36.5 Å². The second-order valence-electron chi connectivity index (χ2n) is 8.17. The van der Waals surface area contributed by atoms with Crippen molar-refractivity contribution in [2.24, 2.45) is 11.3 Å². The smallest absolute Gasteiger partial charge is 0.238 e. The minimum atomic E-state index is -0.160. The van der Waals surface area contributed by atoms with Crippen molar-refractivity contribution >= 4 is 11.6 Å². The summed E-state index contributed by atoms with van der Waals surface area (Å²) in [5, 5.41) is 13.1. The molecule has 2 aliphatic rings. The second-order valence-corrected chi connectivity index (χ2v) is 8.17. The van der Waals surface area contributed by atoms with Gasteiger partial charge in [0.1, 0.15) is 5.75 Å². The average Bonchev–Trinajstić information content (AvgIpc) is 3.22. The lowest BCUT2D eigenvalue weighted by Crippen LogP contribution is -2.39. The summed E-state index contributed by atoms with van der Waals surface area (Å²) in [5.74, 6) is 0.954. The van der Waals surface area contributed by atoms with Crippen LogP contribution in [0.15, 0.2) is 48.8 Å². The standard InChI is InChI=1S/C22H28N4O3/c1-29-20-7-3-2-6-19(20)24-21(28)13-26-12-18-11-25(14-22(18,15-26)16-27)10-17-5-4-8-23-9-17/h2-9,18,27H,10-16H2,1H3,(H,24,28). The van der Waals surface area contributed by atoms with Crippen molar-refractivity contribution in [2.75, 3.05) is 51.8 Å². The highest BCUT2D eigenvalue weighted by Crippen LogP contribution is 2.42. The number of aliphatic hydroxyl groups excluding tert-OH is 1. The van der Waals surface area contributed by atoms with Gasteiger partial charge >= 0.3 is 0 Å². The van der Waals surface area contributed by atoms with Crippen LogP contribution in [0.1, 0.15) is 5.56 Å². The van der Waals surface area contributed by atoms with Gasteiger partial charge in [-0.3, -0.25) is 19.6 Å². The number of aliphatic hydroxyl groups is 1. The molecule has 154 valence electrons. The van der Waals surface area contributed by atoms with Gasteiger partial charge in [0.25, 0.3) is 0 Å². The third-order valence-corrected chi connectivity index (χ3v) is 6.09. The number of nitrogens with one attached hydrogen (secondary N) is 1. The molecule has 7 nitrogen and oxygen atoms in total. The van der Waals surface area contributed by atoms with Crippen LogP contribution in [0.5, 0.6) is 5.75 Å². The maximum Gasteiger partial charge on any atom is 0.238 e. The predicted molar refractivity (Wildman–Crippen MR) is 111 cm³/mol. The molecule has 2 aliphatic heterocycles. The maximum absolute atomic E-state index is 12.6. The van der Waals surface area contributed by atoms with Crippen molar-refractivity contribution in [1.82, 2.24) is 14.8 Å². The molecule has 2 unspecified atom stereocenters. The molecular weight excluding hydrogens is 368 g/mol. The second kappa shape index (κ2) is 8.49. The fourth-order valence-electron chi connectivity index (χ4n) is 4.76. The number of para-hydroxylation sites is 2. The molecule has 2 N–H and O–H groups in total. The van der Waals surface area contributed by atoms with E-state index >= 15 is 0 Å². The third-order valence-electron chi connectivity index (χ3n) is 6.09. The van der Waals surface area contributed by atoms with Gasteiger partial charge in [0.15, 0.2) is 0 Å². The molecule has 0 radical (unpaired) electrons. The van der Waals surface area contributed by atoms with Crippen LogP contribution in [0.4, 0.5) is 5.69 Å². The molecule has 2 fully saturated rings.